The first-order valence-electron chi connectivity index (χ1n) is 6.82. The molecule has 0 fully saturated rings. The van der Waals surface area contributed by atoms with Crippen LogP contribution in [0.5, 0.6) is 5.75 Å². The van der Waals surface area contributed by atoms with Gasteiger partial charge < -0.3 is 9.64 Å². The Kier molecular flexibility index (Phi) is 3.69. The van der Waals surface area contributed by atoms with Crippen LogP contribution in [0.2, 0.25) is 0 Å². The van der Waals surface area contributed by atoms with Crippen LogP contribution in [0.4, 0.5) is 5.82 Å². The summed E-state index contributed by atoms with van der Waals surface area (Å²) >= 11 is 0. The van der Waals surface area contributed by atoms with E-state index in [2.05, 4.69) is 27.0 Å². The van der Waals surface area contributed by atoms with Gasteiger partial charge in [0.15, 0.2) is 0 Å². The van der Waals surface area contributed by atoms with Gasteiger partial charge in [-0.1, -0.05) is 30.3 Å². The quantitative estimate of drug-likeness (QED) is 0.734. The van der Waals surface area contributed by atoms with Gasteiger partial charge in [-0.2, -0.15) is 0 Å². The number of hydrogen-bond donors (Lipinski definition) is 0. The van der Waals surface area contributed by atoms with E-state index in [1.54, 1.807) is 13.4 Å². The average Bonchev–Trinajstić information content (AvgIpc) is 2.54. The molecule has 4 heteroatoms. The molecule has 1 aromatic heterocycles. The molecule has 2 aromatic carbocycles. The molecule has 0 radical (unpaired) electrons. The SMILES string of the molecule is COc1ccc2c(N(C)Cc3ccccc3)ncnc2c1. The van der Waals surface area contributed by atoms with Gasteiger partial charge in [-0.15, -0.1) is 0 Å². The van der Waals surface area contributed by atoms with Crippen molar-refractivity contribution in [2.75, 3.05) is 19.1 Å². The molecule has 0 aliphatic carbocycles. The minimum atomic E-state index is 0.804. The fourth-order valence-corrected chi connectivity index (χ4v) is 2.39. The maximum absolute atomic E-state index is 5.24. The topological polar surface area (TPSA) is 38.2 Å². The van der Waals surface area contributed by atoms with E-state index in [1.807, 2.05) is 43.4 Å². The molecule has 3 rings (SSSR count). The smallest absolute Gasteiger partial charge is 0.139 e. The minimum absolute atomic E-state index is 0.804. The monoisotopic (exact) mass is 279 g/mol. The Morgan fingerprint density at radius 2 is 1.86 bits per heavy atom. The second kappa shape index (κ2) is 5.79. The molecule has 0 bridgehead atoms. The zero-order valence-corrected chi connectivity index (χ0v) is 12.2. The van der Waals surface area contributed by atoms with E-state index in [4.69, 9.17) is 4.74 Å². The first-order chi connectivity index (χ1) is 10.3. The summed E-state index contributed by atoms with van der Waals surface area (Å²) in [6, 6.07) is 16.2. The lowest BCUT2D eigenvalue weighted by molar-refractivity contribution is 0.415. The first kappa shape index (κ1) is 13.4. The normalized spacial score (nSPS) is 10.6. The van der Waals surface area contributed by atoms with E-state index in [0.717, 1.165) is 29.0 Å². The summed E-state index contributed by atoms with van der Waals surface area (Å²) < 4.78 is 5.24. The maximum Gasteiger partial charge on any atom is 0.139 e. The lowest BCUT2D eigenvalue weighted by Crippen LogP contribution is -2.18. The fourth-order valence-electron chi connectivity index (χ4n) is 2.39. The van der Waals surface area contributed by atoms with Gasteiger partial charge in [0.2, 0.25) is 0 Å². The molecule has 0 unspecified atom stereocenters. The molecule has 0 aliphatic heterocycles. The highest BCUT2D eigenvalue weighted by molar-refractivity contribution is 5.90. The molecule has 0 saturated heterocycles. The standard InChI is InChI=1S/C17H17N3O/c1-20(11-13-6-4-3-5-7-13)17-15-9-8-14(21-2)10-16(15)18-12-19-17/h3-10,12H,11H2,1-2H3. The van der Waals surface area contributed by atoms with E-state index in [0.29, 0.717) is 0 Å². The Balaban J connectivity index is 1.96. The third-order valence-corrected chi connectivity index (χ3v) is 3.45. The van der Waals surface area contributed by atoms with E-state index in [1.165, 1.54) is 5.56 Å². The van der Waals surface area contributed by atoms with Crippen molar-refractivity contribution < 1.29 is 4.74 Å². The van der Waals surface area contributed by atoms with Gasteiger partial charge in [-0.25, -0.2) is 9.97 Å². The van der Waals surface area contributed by atoms with Gasteiger partial charge in [0.25, 0.3) is 0 Å². The Bertz CT molecular complexity index is 743. The van der Waals surface area contributed by atoms with Crippen LogP contribution < -0.4 is 9.64 Å². The van der Waals surface area contributed by atoms with Gasteiger partial charge >= 0.3 is 0 Å². The third kappa shape index (κ3) is 2.79. The molecule has 106 valence electrons. The first-order valence-corrected chi connectivity index (χ1v) is 6.82. The second-order valence-electron chi connectivity index (χ2n) is 4.92. The summed E-state index contributed by atoms with van der Waals surface area (Å²) in [5.41, 5.74) is 2.14. The van der Waals surface area contributed by atoms with Crippen molar-refractivity contribution in [2.24, 2.45) is 0 Å². The maximum atomic E-state index is 5.24. The van der Waals surface area contributed by atoms with Gasteiger partial charge in [0.05, 0.1) is 12.6 Å². The molecule has 4 nitrogen and oxygen atoms in total. The minimum Gasteiger partial charge on any atom is -0.497 e. The van der Waals surface area contributed by atoms with Crippen LogP contribution in [0.15, 0.2) is 54.9 Å². The van der Waals surface area contributed by atoms with Crippen LogP contribution in [0.3, 0.4) is 0 Å². The fraction of sp³-hybridized carbons (Fsp3) is 0.176. The molecule has 3 aromatic rings. The number of nitrogens with zero attached hydrogens (tertiary/aromatic N) is 3. The van der Waals surface area contributed by atoms with Gasteiger partial charge in [-0.05, 0) is 17.7 Å². The van der Waals surface area contributed by atoms with E-state index < -0.39 is 0 Å². The van der Waals surface area contributed by atoms with Gasteiger partial charge in [-0.3, -0.25) is 0 Å². The summed E-state index contributed by atoms with van der Waals surface area (Å²) in [5, 5.41) is 1.02. The highest BCUT2D eigenvalue weighted by atomic mass is 16.5. The molecule has 1 heterocycles. The van der Waals surface area contributed by atoms with E-state index >= 15 is 0 Å². The van der Waals surface area contributed by atoms with Crippen LogP contribution in [0, 0.1) is 0 Å². The zero-order chi connectivity index (χ0) is 14.7. The zero-order valence-electron chi connectivity index (χ0n) is 12.2. The van der Waals surface area contributed by atoms with Gasteiger partial charge in [0.1, 0.15) is 17.9 Å². The number of benzene rings is 2. The largest absolute Gasteiger partial charge is 0.497 e. The van der Waals surface area contributed by atoms with Crippen molar-refractivity contribution in [3.8, 4) is 5.75 Å². The highest BCUT2D eigenvalue weighted by Crippen LogP contribution is 2.26. The van der Waals surface area contributed by atoms with Crippen molar-refractivity contribution in [3.63, 3.8) is 0 Å². The number of hydrogen-bond acceptors (Lipinski definition) is 4. The summed E-state index contributed by atoms with van der Waals surface area (Å²) in [6.07, 6.45) is 1.60. The summed E-state index contributed by atoms with van der Waals surface area (Å²) in [5.74, 6) is 1.73. The number of anilines is 1. The highest BCUT2D eigenvalue weighted by Gasteiger charge is 2.09. The Hall–Kier alpha value is -2.62. The van der Waals surface area contributed by atoms with Gasteiger partial charge in [0, 0.05) is 25.0 Å². The predicted octanol–water partition coefficient (Wildman–Crippen LogP) is 3.27. The summed E-state index contributed by atoms with van der Waals surface area (Å²) in [6.45, 7) is 0.805. The van der Waals surface area contributed by atoms with Crippen molar-refractivity contribution in [2.45, 2.75) is 6.54 Å². The Labute approximate surface area is 124 Å². The van der Waals surface area contributed by atoms with Crippen LogP contribution in [0.1, 0.15) is 5.56 Å². The average molecular weight is 279 g/mol. The van der Waals surface area contributed by atoms with Crippen molar-refractivity contribution >= 4 is 16.7 Å². The second-order valence-corrected chi connectivity index (χ2v) is 4.92. The molecule has 0 atom stereocenters. The summed E-state index contributed by atoms with van der Waals surface area (Å²) in [7, 11) is 3.70. The Morgan fingerprint density at radius 1 is 1.05 bits per heavy atom. The molecule has 0 aliphatic rings. The number of ether oxygens (including phenoxy) is 1. The van der Waals surface area contributed by atoms with Crippen LogP contribution >= 0.6 is 0 Å². The number of rotatable bonds is 4. The van der Waals surface area contributed by atoms with Crippen LogP contribution in [0.25, 0.3) is 10.9 Å². The van der Waals surface area contributed by atoms with Crippen molar-refractivity contribution in [1.82, 2.24) is 9.97 Å². The Morgan fingerprint density at radius 3 is 2.62 bits per heavy atom. The molecule has 0 saturated carbocycles. The van der Waals surface area contributed by atoms with Crippen LogP contribution in [-0.4, -0.2) is 24.1 Å². The van der Waals surface area contributed by atoms with E-state index in [-0.39, 0.29) is 0 Å². The van der Waals surface area contributed by atoms with Crippen molar-refractivity contribution in [1.29, 1.82) is 0 Å². The van der Waals surface area contributed by atoms with Crippen LogP contribution in [-0.2, 0) is 6.54 Å². The molecule has 0 amide bonds. The molecule has 21 heavy (non-hydrogen) atoms. The van der Waals surface area contributed by atoms with Crippen molar-refractivity contribution in [3.05, 3.63) is 60.4 Å². The molecular weight excluding hydrogens is 262 g/mol. The predicted molar refractivity (Wildman–Crippen MR) is 84.6 cm³/mol. The van der Waals surface area contributed by atoms with E-state index in [9.17, 15) is 0 Å². The summed E-state index contributed by atoms with van der Waals surface area (Å²) in [4.78, 5) is 10.9. The lowest BCUT2D eigenvalue weighted by Gasteiger charge is -2.19. The molecular formula is C17H17N3O. The third-order valence-electron chi connectivity index (χ3n) is 3.45. The number of fused-ring (bicyclic) bond motifs is 1. The number of methoxy groups -OCH3 is 1. The number of aromatic nitrogens is 2. The molecule has 0 N–H and O–H groups in total. The molecule has 0 spiro atoms. The lowest BCUT2D eigenvalue weighted by atomic mass is 10.2.